The molecule has 1 aromatic rings. The summed E-state index contributed by atoms with van der Waals surface area (Å²) in [6, 6.07) is 4.88. The fourth-order valence-corrected chi connectivity index (χ4v) is 1.11. The molecule has 0 saturated heterocycles. The molecule has 0 aliphatic rings. The van der Waals surface area contributed by atoms with Crippen molar-refractivity contribution < 1.29 is 9.50 Å². The van der Waals surface area contributed by atoms with Gasteiger partial charge in [0.2, 0.25) is 0 Å². The molecule has 0 aliphatic heterocycles. The predicted molar refractivity (Wildman–Crippen MR) is 52.1 cm³/mol. The second-order valence-corrected chi connectivity index (χ2v) is 2.84. The normalized spacial score (nSPS) is 11.0. The number of alkyl halides is 1. The first kappa shape index (κ1) is 10.2. The third-order valence-corrected chi connectivity index (χ3v) is 1.84. The lowest BCUT2D eigenvalue weighted by Gasteiger charge is -2.01. The van der Waals surface area contributed by atoms with Gasteiger partial charge in [0.15, 0.2) is 0 Å². The van der Waals surface area contributed by atoms with E-state index in [1.807, 2.05) is 0 Å². The summed E-state index contributed by atoms with van der Waals surface area (Å²) >= 11 is 5.42. The van der Waals surface area contributed by atoms with Crippen molar-refractivity contribution in [1.29, 1.82) is 0 Å². The van der Waals surface area contributed by atoms with Gasteiger partial charge in [-0.3, -0.25) is 0 Å². The summed E-state index contributed by atoms with van der Waals surface area (Å²) in [6.07, 6.45) is 3.25. The molecule has 1 aromatic carbocycles. The zero-order valence-corrected chi connectivity index (χ0v) is 7.76. The molecule has 0 amide bonds. The molecule has 0 bridgehead atoms. The molecule has 0 saturated carbocycles. The van der Waals surface area contributed by atoms with Gasteiger partial charge in [-0.15, -0.1) is 11.6 Å². The molecule has 1 rings (SSSR count). The lowest BCUT2D eigenvalue weighted by atomic mass is 10.1. The summed E-state index contributed by atoms with van der Waals surface area (Å²) in [5, 5.41) is 8.78. The van der Waals surface area contributed by atoms with E-state index in [1.165, 1.54) is 0 Å². The Labute approximate surface area is 81.5 Å². The van der Waals surface area contributed by atoms with E-state index in [1.54, 1.807) is 30.4 Å². The van der Waals surface area contributed by atoms with Crippen molar-refractivity contribution in [1.82, 2.24) is 0 Å². The van der Waals surface area contributed by atoms with E-state index in [9.17, 15) is 4.39 Å². The second-order valence-electron chi connectivity index (χ2n) is 2.54. The van der Waals surface area contributed by atoms with Gasteiger partial charge in [-0.1, -0.05) is 30.4 Å². The van der Waals surface area contributed by atoms with Crippen LogP contribution < -0.4 is 0 Å². The Morgan fingerprint density at radius 2 is 2.23 bits per heavy atom. The summed E-state index contributed by atoms with van der Waals surface area (Å²) in [6.45, 7) is -0.283. The number of aliphatic hydroxyl groups is 1. The number of aliphatic hydroxyl groups excluding tert-OH is 1. The minimum absolute atomic E-state index is 0.283. The fraction of sp³-hybridized carbons (Fsp3) is 0.200. The van der Waals surface area contributed by atoms with E-state index in [0.717, 1.165) is 0 Å². The number of hydrogen-bond acceptors (Lipinski definition) is 1. The van der Waals surface area contributed by atoms with Crippen molar-refractivity contribution in [3.05, 3.63) is 41.2 Å². The van der Waals surface area contributed by atoms with Crippen LogP contribution in [0.3, 0.4) is 0 Å². The monoisotopic (exact) mass is 200 g/mol. The van der Waals surface area contributed by atoms with E-state index in [4.69, 9.17) is 16.7 Å². The standard InChI is InChI=1S/C10H10ClFO/c11-6-2-5-8-3-1-4-9(7-13)10(8)12/h1-5,13H,6-7H2. The van der Waals surface area contributed by atoms with Gasteiger partial charge in [0.25, 0.3) is 0 Å². The Bertz CT molecular complexity index is 310. The highest BCUT2D eigenvalue weighted by Gasteiger charge is 2.03. The van der Waals surface area contributed by atoms with E-state index < -0.39 is 0 Å². The van der Waals surface area contributed by atoms with Crippen molar-refractivity contribution in [2.45, 2.75) is 6.61 Å². The van der Waals surface area contributed by atoms with Crippen molar-refractivity contribution in [2.24, 2.45) is 0 Å². The van der Waals surface area contributed by atoms with Crippen molar-refractivity contribution in [3.63, 3.8) is 0 Å². The summed E-state index contributed by atoms with van der Waals surface area (Å²) in [7, 11) is 0. The number of halogens is 2. The van der Waals surface area contributed by atoms with Crippen LogP contribution in [0.15, 0.2) is 24.3 Å². The third-order valence-electron chi connectivity index (χ3n) is 1.67. The fourth-order valence-electron chi connectivity index (χ4n) is 1.02. The number of rotatable bonds is 3. The molecule has 70 valence electrons. The average Bonchev–Trinajstić information content (AvgIpc) is 2.16. The molecule has 1 N–H and O–H groups in total. The van der Waals surface area contributed by atoms with Crippen LogP contribution in [0.1, 0.15) is 11.1 Å². The maximum Gasteiger partial charge on any atom is 0.135 e. The quantitative estimate of drug-likeness (QED) is 0.744. The molecule has 0 atom stereocenters. The van der Waals surface area contributed by atoms with Gasteiger partial charge < -0.3 is 5.11 Å². The van der Waals surface area contributed by atoms with Crippen molar-refractivity contribution in [3.8, 4) is 0 Å². The first-order chi connectivity index (χ1) is 6.29. The molecule has 0 aliphatic carbocycles. The molecule has 13 heavy (non-hydrogen) atoms. The Morgan fingerprint density at radius 1 is 1.46 bits per heavy atom. The van der Waals surface area contributed by atoms with Crippen LogP contribution in [-0.4, -0.2) is 11.0 Å². The molecule has 0 spiro atoms. The number of hydrogen-bond donors (Lipinski definition) is 1. The van der Waals surface area contributed by atoms with Crippen LogP contribution in [0.4, 0.5) is 4.39 Å². The number of benzene rings is 1. The molecule has 0 unspecified atom stereocenters. The zero-order chi connectivity index (χ0) is 9.68. The van der Waals surface area contributed by atoms with Crippen molar-refractivity contribution >= 4 is 17.7 Å². The second kappa shape index (κ2) is 5.00. The summed E-state index contributed by atoms with van der Waals surface area (Å²) in [5.74, 6) is -0.0330. The Hall–Kier alpha value is -0.860. The van der Waals surface area contributed by atoms with Gasteiger partial charge >= 0.3 is 0 Å². The Balaban J connectivity index is 3.01. The van der Waals surface area contributed by atoms with Crippen LogP contribution in [-0.2, 0) is 6.61 Å². The maximum absolute atomic E-state index is 13.3. The minimum atomic E-state index is -0.383. The zero-order valence-electron chi connectivity index (χ0n) is 7.00. The van der Waals surface area contributed by atoms with Crippen LogP contribution >= 0.6 is 11.6 Å². The SMILES string of the molecule is OCc1cccc(C=CCCl)c1F. The van der Waals surface area contributed by atoms with Gasteiger partial charge in [-0.05, 0) is 0 Å². The predicted octanol–water partition coefficient (Wildman–Crippen LogP) is 2.57. The van der Waals surface area contributed by atoms with Crippen molar-refractivity contribution in [2.75, 3.05) is 5.88 Å². The molecule has 0 aromatic heterocycles. The summed E-state index contributed by atoms with van der Waals surface area (Å²) in [4.78, 5) is 0. The summed E-state index contributed by atoms with van der Waals surface area (Å²) < 4.78 is 13.3. The van der Waals surface area contributed by atoms with Gasteiger partial charge in [-0.25, -0.2) is 4.39 Å². The van der Waals surface area contributed by atoms with Crippen LogP contribution in [0.5, 0.6) is 0 Å². The van der Waals surface area contributed by atoms with E-state index >= 15 is 0 Å². The average molecular weight is 201 g/mol. The molecule has 1 nitrogen and oxygen atoms in total. The molecular formula is C10H10ClFO. The van der Waals surface area contributed by atoms with E-state index in [0.29, 0.717) is 17.0 Å². The highest BCUT2D eigenvalue weighted by Crippen LogP contribution is 2.14. The molecule has 3 heteroatoms. The molecule has 0 heterocycles. The van der Waals surface area contributed by atoms with Gasteiger partial charge in [0, 0.05) is 17.0 Å². The van der Waals surface area contributed by atoms with E-state index in [2.05, 4.69) is 0 Å². The Morgan fingerprint density at radius 3 is 2.85 bits per heavy atom. The highest BCUT2D eigenvalue weighted by atomic mass is 35.5. The van der Waals surface area contributed by atoms with Crippen LogP contribution in [0.2, 0.25) is 0 Å². The van der Waals surface area contributed by atoms with E-state index in [-0.39, 0.29) is 12.4 Å². The largest absolute Gasteiger partial charge is 0.392 e. The van der Waals surface area contributed by atoms with Crippen LogP contribution in [0.25, 0.3) is 6.08 Å². The topological polar surface area (TPSA) is 20.2 Å². The third kappa shape index (κ3) is 2.54. The first-order valence-corrected chi connectivity index (χ1v) is 4.43. The van der Waals surface area contributed by atoms with Crippen LogP contribution in [0, 0.1) is 5.82 Å². The lowest BCUT2D eigenvalue weighted by Crippen LogP contribution is -1.92. The molecule has 0 radical (unpaired) electrons. The molecule has 0 fully saturated rings. The van der Waals surface area contributed by atoms with Gasteiger partial charge in [0.1, 0.15) is 5.82 Å². The van der Waals surface area contributed by atoms with Gasteiger partial charge in [-0.2, -0.15) is 0 Å². The summed E-state index contributed by atoms with van der Waals surface area (Å²) in [5.41, 5.74) is 0.754. The number of allylic oxidation sites excluding steroid dienone is 1. The molecular weight excluding hydrogens is 191 g/mol. The lowest BCUT2D eigenvalue weighted by molar-refractivity contribution is 0.275. The first-order valence-electron chi connectivity index (χ1n) is 3.90. The minimum Gasteiger partial charge on any atom is -0.392 e. The van der Waals surface area contributed by atoms with Gasteiger partial charge in [0.05, 0.1) is 6.61 Å². The highest BCUT2D eigenvalue weighted by molar-refractivity contribution is 6.19. The maximum atomic E-state index is 13.3. The Kier molecular flexibility index (Phi) is 3.93. The smallest absolute Gasteiger partial charge is 0.135 e.